The number of anilines is 1. The monoisotopic (exact) mass is 230 g/mol. The Balaban J connectivity index is 2.17. The molecule has 3 nitrogen and oxygen atoms in total. The summed E-state index contributed by atoms with van der Waals surface area (Å²) in [5, 5.41) is 5.60. The second-order valence-electron chi connectivity index (χ2n) is 3.11. The number of nitrogens with one attached hydrogen (secondary N) is 1. The van der Waals surface area contributed by atoms with E-state index in [0.717, 1.165) is 16.3 Å². The van der Waals surface area contributed by atoms with Crippen LogP contribution in [0.15, 0.2) is 48.5 Å². The molecule has 80 valence electrons. The van der Waals surface area contributed by atoms with Crippen molar-refractivity contribution in [1.29, 1.82) is 0 Å². The minimum absolute atomic E-state index is 0.206. The van der Waals surface area contributed by atoms with Gasteiger partial charge in [-0.15, -0.1) is 11.3 Å². The molecular formula is C12H10N2OS. The molecule has 1 N–H and O–H groups in total. The van der Waals surface area contributed by atoms with Crippen LogP contribution in [0.3, 0.4) is 0 Å². The Hall–Kier alpha value is -1.94. The molecule has 2 aromatic rings. The van der Waals surface area contributed by atoms with Crippen molar-refractivity contribution in [1.82, 2.24) is 4.98 Å². The van der Waals surface area contributed by atoms with Crippen LogP contribution in [0, 0.1) is 0 Å². The normalized spacial score (nSPS) is 9.75. The Morgan fingerprint density at radius 1 is 1.38 bits per heavy atom. The van der Waals surface area contributed by atoms with E-state index in [0.29, 0.717) is 0 Å². The predicted molar refractivity (Wildman–Crippen MR) is 66.4 cm³/mol. The predicted octanol–water partition coefficient (Wildman–Crippen LogP) is 2.93. The van der Waals surface area contributed by atoms with Gasteiger partial charge in [0.25, 0.3) is 0 Å². The number of carbonyl (C=O) groups is 1. The number of aromatic nitrogens is 1. The Morgan fingerprint density at radius 2 is 2.12 bits per heavy atom. The average molecular weight is 230 g/mol. The van der Waals surface area contributed by atoms with Gasteiger partial charge in [0.05, 0.1) is 0 Å². The van der Waals surface area contributed by atoms with E-state index in [1.807, 2.05) is 29.6 Å². The number of benzene rings is 1. The topological polar surface area (TPSA) is 42.0 Å². The summed E-state index contributed by atoms with van der Waals surface area (Å²) < 4.78 is 0. The first-order chi connectivity index (χ1) is 7.79. The molecule has 1 amide bonds. The van der Waals surface area contributed by atoms with E-state index in [9.17, 15) is 4.79 Å². The molecule has 0 aliphatic rings. The van der Waals surface area contributed by atoms with Gasteiger partial charge in [-0.2, -0.15) is 0 Å². The minimum atomic E-state index is -0.206. The highest BCUT2D eigenvalue weighted by Gasteiger charge is 2.01. The van der Waals surface area contributed by atoms with E-state index in [-0.39, 0.29) is 5.91 Å². The van der Waals surface area contributed by atoms with Crippen LogP contribution in [0.2, 0.25) is 0 Å². The average Bonchev–Trinajstić information content (AvgIpc) is 2.83. The number of rotatable bonds is 3. The molecule has 1 aromatic carbocycles. The Bertz CT molecular complexity index is 488. The van der Waals surface area contributed by atoms with Gasteiger partial charge in [0.1, 0.15) is 5.01 Å². The molecule has 0 radical (unpaired) electrons. The van der Waals surface area contributed by atoms with Crippen molar-refractivity contribution in [3.63, 3.8) is 0 Å². The van der Waals surface area contributed by atoms with E-state index in [1.165, 1.54) is 6.08 Å². The summed E-state index contributed by atoms with van der Waals surface area (Å²) in [5.41, 5.74) is 1.80. The maximum absolute atomic E-state index is 11.1. The molecule has 1 aromatic heterocycles. The van der Waals surface area contributed by atoms with Gasteiger partial charge in [0, 0.05) is 22.8 Å². The molecule has 0 saturated carbocycles. The Kier molecular flexibility index (Phi) is 3.12. The molecule has 0 saturated heterocycles. The lowest BCUT2D eigenvalue weighted by atomic mass is 10.2. The molecule has 0 bridgehead atoms. The number of hydrogen-bond donors (Lipinski definition) is 1. The van der Waals surface area contributed by atoms with Crippen LogP contribution >= 0.6 is 11.3 Å². The fourth-order valence-electron chi connectivity index (χ4n) is 1.26. The zero-order valence-corrected chi connectivity index (χ0v) is 9.33. The molecule has 2 rings (SSSR count). The van der Waals surface area contributed by atoms with Gasteiger partial charge in [-0.1, -0.05) is 6.58 Å². The van der Waals surface area contributed by atoms with Crippen molar-refractivity contribution in [2.75, 3.05) is 5.32 Å². The molecule has 1 heterocycles. The van der Waals surface area contributed by atoms with Crippen molar-refractivity contribution >= 4 is 22.9 Å². The van der Waals surface area contributed by atoms with Crippen molar-refractivity contribution in [3.05, 3.63) is 48.5 Å². The zero-order valence-electron chi connectivity index (χ0n) is 8.51. The van der Waals surface area contributed by atoms with Crippen LogP contribution in [0.5, 0.6) is 0 Å². The third kappa shape index (κ3) is 2.35. The van der Waals surface area contributed by atoms with Gasteiger partial charge >= 0.3 is 0 Å². The van der Waals surface area contributed by atoms with E-state index in [2.05, 4.69) is 16.9 Å². The SMILES string of the molecule is C=CC(=O)Nc1ccc(-c2nccs2)cc1. The van der Waals surface area contributed by atoms with Crippen molar-refractivity contribution < 1.29 is 4.79 Å². The molecule has 0 aliphatic carbocycles. The summed E-state index contributed by atoms with van der Waals surface area (Å²) in [6, 6.07) is 7.55. The van der Waals surface area contributed by atoms with Crippen molar-refractivity contribution in [2.45, 2.75) is 0 Å². The van der Waals surface area contributed by atoms with Crippen LogP contribution in [0.4, 0.5) is 5.69 Å². The molecule has 0 aliphatic heterocycles. The molecular weight excluding hydrogens is 220 g/mol. The Labute approximate surface area is 97.5 Å². The standard InChI is InChI=1S/C12H10N2OS/c1-2-11(15)14-10-5-3-9(4-6-10)12-13-7-8-16-12/h2-8H,1H2,(H,14,15). The minimum Gasteiger partial charge on any atom is -0.323 e. The smallest absolute Gasteiger partial charge is 0.247 e. The summed E-state index contributed by atoms with van der Waals surface area (Å²) in [4.78, 5) is 15.3. The molecule has 0 unspecified atom stereocenters. The van der Waals surface area contributed by atoms with Crippen molar-refractivity contribution in [3.8, 4) is 10.6 Å². The number of amides is 1. The second-order valence-corrected chi connectivity index (χ2v) is 4.00. The maximum Gasteiger partial charge on any atom is 0.247 e. The zero-order chi connectivity index (χ0) is 11.4. The van der Waals surface area contributed by atoms with Crippen molar-refractivity contribution in [2.24, 2.45) is 0 Å². The van der Waals surface area contributed by atoms with Gasteiger partial charge in [-0.05, 0) is 30.3 Å². The largest absolute Gasteiger partial charge is 0.323 e. The van der Waals surface area contributed by atoms with Gasteiger partial charge < -0.3 is 5.32 Å². The lowest BCUT2D eigenvalue weighted by Crippen LogP contribution is -2.06. The molecule has 0 fully saturated rings. The van der Waals surface area contributed by atoms with Gasteiger partial charge in [0.2, 0.25) is 5.91 Å². The van der Waals surface area contributed by atoms with Crippen LogP contribution in [0.25, 0.3) is 10.6 Å². The fourth-order valence-corrected chi connectivity index (χ4v) is 1.90. The first kappa shape index (κ1) is 10.6. The second kappa shape index (κ2) is 4.72. The highest BCUT2D eigenvalue weighted by Crippen LogP contribution is 2.23. The third-order valence-electron chi connectivity index (χ3n) is 2.02. The van der Waals surface area contributed by atoms with Crippen LogP contribution in [0.1, 0.15) is 0 Å². The summed E-state index contributed by atoms with van der Waals surface area (Å²) in [6.07, 6.45) is 3.02. The molecule has 0 spiro atoms. The van der Waals surface area contributed by atoms with Gasteiger partial charge in [0.15, 0.2) is 0 Å². The number of thiazole rings is 1. The lowest BCUT2D eigenvalue weighted by Gasteiger charge is -2.02. The fraction of sp³-hybridized carbons (Fsp3) is 0. The number of carbonyl (C=O) groups excluding carboxylic acids is 1. The molecule has 16 heavy (non-hydrogen) atoms. The van der Waals surface area contributed by atoms with Crippen LogP contribution in [-0.2, 0) is 4.79 Å². The summed E-state index contributed by atoms with van der Waals surface area (Å²) in [6.45, 7) is 3.39. The first-order valence-electron chi connectivity index (χ1n) is 4.73. The van der Waals surface area contributed by atoms with E-state index in [4.69, 9.17) is 0 Å². The number of nitrogens with zero attached hydrogens (tertiary/aromatic N) is 1. The van der Waals surface area contributed by atoms with Gasteiger partial charge in [-0.3, -0.25) is 4.79 Å². The quantitative estimate of drug-likeness (QED) is 0.824. The van der Waals surface area contributed by atoms with Crippen LogP contribution in [-0.4, -0.2) is 10.9 Å². The first-order valence-corrected chi connectivity index (χ1v) is 5.61. The maximum atomic E-state index is 11.1. The molecule has 0 atom stereocenters. The van der Waals surface area contributed by atoms with E-state index >= 15 is 0 Å². The highest BCUT2D eigenvalue weighted by atomic mass is 32.1. The Morgan fingerprint density at radius 3 is 2.69 bits per heavy atom. The lowest BCUT2D eigenvalue weighted by molar-refractivity contribution is -0.111. The number of hydrogen-bond acceptors (Lipinski definition) is 3. The summed E-state index contributed by atoms with van der Waals surface area (Å²) in [5.74, 6) is -0.206. The highest BCUT2D eigenvalue weighted by molar-refractivity contribution is 7.13. The summed E-state index contributed by atoms with van der Waals surface area (Å²) >= 11 is 1.59. The van der Waals surface area contributed by atoms with Crippen LogP contribution < -0.4 is 5.32 Å². The third-order valence-corrected chi connectivity index (χ3v) is 2.84. The van der Waals surface area contributed by atoms with E-state index in [1.54, 1.807) is 17.5 Å². The van der Waals surface area contributed by atoms with E-state index < -0.39 is 0 Å². The van der Waals surface area contributed by atoms with Gasteiger partial charge in [-0.25, -0.2) is 4.98 Å². The summed E-state index contributed by atoms with van der Waals surface area (Å²) in [7, 11) is 0. The molecule has 4 heteroatoms.